The van der Waals surface area contributed by atoms with Crippen molar-refractivity contribution in [2.24, 2.45) is 5.92 Å². The molecule has 2 rings (SSSR count). The van der Waals surface area contributed by atoms with Gasteiger partial charge in [0.05, 0.1) is 18.1 Å². The number of hydroxylamine groups is 1. The first kappa shape index (κ1) is 32.8. The van der Waals surface area contributed by atoms with Crippen molar-refractivity contribution in [3.63, 3.8) is 0 Å². The zero-order valence-electron chi connectivity index (χ0n) is 24.5. The van der Waals surface area contributed by atoms with Gasteiger partial charge < -0.3 is 10.1 Å². The van der Waals surface area contributed by atoms with Gasteiger partial charge in [-0.25, -0.2) is 5.48 Å². The lowest BCUT2D eigenvalue weighted by Crippen LogP contribution is -2.47. The van der Waals surface area contributed by atoms with Gasteiger partial charge in [-0.15, -0.1) is 0 Å². The number of benzene rings is 2. The van der Waals surface area contributed by atoms with E-state index in [0.717, 1.165) is 17.5 Å². The molecule has 0 saturated heterocycles. The molecule has 0 aromatic heterocycles. The molecule has 2 aromatic rings. The Morgan fingerprint density at radius 2 is 1.50 bits per heavy atom. The standard InChI is InChI=1S/C32H44N2O6/c1-6-23-13-10-14-25(19-23)16-18-29(36)28(22-39-5)33-31(38)26(21-30(37)34-40-32(2,3)4)20-27(35)17-15-24-11-8-7-9-12-24/h7-14,19,26,28H,6,15-18,20-22H2,1-5H3,(H,33,38)(H,34,37)/t26-,28-/m0/s1. The Morgan fingerprint density at radius 3 is 2.15 bits per heavy atom. The number of aryl methyl sites for hydroxylation is 3. The molecule has 0 fully saturated rings. The predicted octanol–water partition coefficient (Wildman–Crippen LogP) is 4.33. The summed E-state index contributed by atoms with van der Waals surface area (Å²) in [5.74, 6) is -2.33. The molecular formula is C32H44N2O6. The average molecular weight is 553 g/mol. The largest absolute Gasteiger partial charge is 0.382 e. The number of amides is 2. The van der Waals surface area contributed by atoms with E-state index in [9.17, 15) is 19.2 Å². The molecule has 0 aliphatic rings. The maximum Gasteiger partial charge on any atom is 0.244 e. The van der Waals surface area contributed by atoms with Crippen LogP contribution in [-0.2, 0) is 48.0 Å². The topological polar surface area (TPSA) is 111 Å². The zero-order valence-corrected chi connectivity index (χ0v) is 24.5. The van der Waals surface area contributed by atoms with E-state index in [2.05, 4.69) is 23.8 Å². The Bertz CT molecular complexity index is 1110. The molecule has 0 aliphatic heterocycles. The molecule has 2 atom stereocenters. The molecule has 0 bridgehead atoms. The van der Waals surface area contributed by atoms with E-state index in [4.69, 9.17) is 9.57 Å². The summed E-state index contributed by atoms with van der Waals surface area (Å²) in [7, 11) is 1.46. The van der Waals surface area contributed by atoms with Gasteiger partial charge in [-0.1, -0.05) is 61.5 Å². The number of carbonyl (C=O) groups is 4. The lowest BCUT2D eigenvalue weighted by atomic mass is 9.93. The van der Waals surface area contributed by atoms with Crippen molar-refractivity contribution in [2.75, 3.05) is 13.7 Å². The van der Waals surface area contributed by atoms with Gasteiger partial charge in [-0.05, 0) is 56.7 Å². The van der Waals surface area contributed by atoms with Crippen LogP contribution in [0.25, 0.3) is 0 Å². The third kappa shape index (κ3) is 12.7. The molecule has 0 radical (unpaired) electrons. The fourth-order valence-corrected chi connectivity index (χ4v) is 4.16. The minimum absolute atomic E-state index is 0.00637. The summed E-state index contributed by atoms with van der Waals surface area (Å²) >= 11 is 0. The monoisotopic (exact) mass is 552 g/mol. The second-order valence-corrected chi connectivity index (χ2v) is 11.0. The smallest absolute Gasteiger partial charge is 0.244 e. The van der Waals surface area contributed by atoms with E-state index in [1.165, 1.54) is 12.7 Å². The second kappa shape index (κ2) is 16.7. The predicted molar refractivity (Wildman–Crippen MR) is 154 cm³/mol. The highest BCUT2D eigenvalue weighted by atomic mass is 16.7. The van der Waals surface area contributed by atoms with Crippen molar-refractivity contribution in [2.45, 2.75) is 84.3 Å². The summed E-state index contributed by atoms with van der Waals surface area (Å²) in [6.07, 6.45) is 2.07. The molecule has 0 heterocycles. The lowest BCUT2D eigenvalue weighted by molar-refractivity contribution is -0.148. The number of carbonyl (C=O) groups excluding carboxylic acids is 4. The minimum atomic E-state index is -0.958. The van der Waals surface area contributed by atoms with Crippen LogP contribution in [0.1, 0.15) is 70.1 Å². The lowest BCUT2D eigenvalue weighted by Gasteiger charge is -2.23. The Morgan fingerprint density at radius 1 is 0.850 bits per heavy atom. The molecule has 0 saturated carbocycles. The fourth-order valence-electron chi connectivity index (χ4n) is 4.16. The first-order valence-corrected chi connectivity index (χ1v) is 13.9. The van der Waals surface area contributed by atoms with Crippen LogP contribution in [0.4, 0.5) is 0 Å². The van der Waals surface area contributed by atoms with Crippen molar-refractivity contribution in [1.82, 2.24) is 10.8 Å². The Labute approximate surface area is 238 Å². The highest BCUT2D eigenvalue weighted by molar-refractivity contribution is 5.94. The zero-order chi connectivity index (χ0) is 29.5. The maximum absolute atomic E-state index is 13.3. The van der Waals surface area contributed by atoms with E-state index in [1.54, 1.807) is 20.8 Å². The van der Waals surface area contributed by atoms with Gasteiger partial charge in [0.25, 0.3) is 0 Å². The molecule has 2 aromatic carbocycles. The van der Waals surface area contributed by atoms with E-state index in [-0.39, 0.29) is 43.9 Å². The number of methoxy groups -OCH3 is 1. The number of hydrogen-bond acceptors (Lipinski definition) is 6. The number of ether oxygens (including phenoxy) is 1. The average Bonchev–Trinajstić information content (AvgIpc) is 2.93. The Kier molecular flexibility index (Phi) is 13.7. The van der Waals surface area contributed by atoms with Gasteiger partial charge in [-0.3, -0.25) is 24.0 Å². The maximum atomic E-state index is 13.3. The molecule has 0 spiro atoms. The van der Waals surface area contributed by atoms with Gasteiger partial charge in [0, 0.05) is 32.8 Å². The summed E-state index contributed by atoms with van der Waals surface area (Å²) < 4.78 is 5.22. The number of hydrogen-bond donors (Lipinski definition) is 2. The highest BCUT2D eigenvalue weighted by Gasteiger charge is 2.29. The third-order valence-electron chi connectivity index (χ3n) is 6.38. The molecule has 8 nitrogen and oxygen atoms in total. The number of nitrogens with one attached hydrogen (secondary N) is 2. The molecule has 40 heavy (non-hydrogen) atoms. The Balaban J connectivity index is 2.07. The van der Waals surface area contributed by atoms with Crippen LogP contribution in [0.5, 0.6) is 0 Å². The normalized spacial score (nSPS) is 12.8. The first-order valence-electron chi connectivity index (χ1n) is 13.9. The van der Waals surface area contributed by atoms with Crippen LogP contribution in [0.2, 0.25) is 0 Å². The van der Waals surface area contributed by atoms with Crippen molar-refractivity contribution in [3.8, 4) is 0 Å². The first-order chi connectivity index (χ1) is 19.0. The SMILES string of the molecule is CCc1cccc(CCC(=O)[C@H](COC)NC(=O)[C@@H](CC(=O)CCc2ccccc2)CC(=O)NOC(C)(C)C)c1. The molecular weight excluding hydrogens is 508 g/mol. The summed E-state index contributed by atoms with van der Waals surface area (Å²) in [6.45, 7) is 7.42. The summed E-state index contributed by atoms with van der Waals surface area (Å²) in [5, 5.41) is 2.75. The van der Waals surface area contributed by atoms with Crippen LogP contribution in [0, 0.1) is 5.92 Å². The number of rotatable bonds is 17. The minimum Gasteiger partial charge on any atom is -0.382 e. The molecule has 0 aliphatic carbocycles. The van der Waals surface area contributed by atoms with E-state index >= 15 is 0 Å². The quantitative estimate of drug-likeness (QED) is 0.283. The molecule has 0 unspecified atom stereocenters. The van der Waals surface area contributed by atoms with Crippen LogP contribution in [-0.4, -0.2) is 48.7 Å². The Hall–Kier alpha value is -3.36. The van der Waals surface area contributed by atoms with Gasteiger partial charge in [0.1, 0.15) is 11.8 Å². The van der Waals surface area contributed by atoms with E-state index in [0.29, 0.717) is 12.8 Å². The van der Waals surface area contributed by atoms with Crippen LogP contribution < -0.4 is 10.8 Å². The van der Waals surface area contributed by atoms with Crippen molar-refractivity contribution in [3.05, 3.63) is 71.3 Å². The van der Waals surface area contributed by atoms with Crippen LogP contribution in [0.15, 0.2) is 54.6 Å². The van der Waals surface area contributed by atoms with E-state index < -0.39 is 29.4 Å². The second-order valence-electron chi connectivity index (χ2n) is 11.0. The van der Waals surface area contributed by atoms with Gasteiger partial charge >= 0.3 is 0 Å². The van der Waals surface area contributed by atoms with Gasteiger partial charge in [0.2, 0.25) is 11.8 Å². The van der Waals surface area contributed by atoms with Crippen LogP contribution in [0.3, 0.4) is 0 Å². The van der Waals surface area contributed by atoms with Gasteiger partial charge in [-0.2, -0.15) is 0 Å². The van der Waals surface area contributed by atoms with Gasteiger partial charge in [0.15, 0.2) is 5.78 Å². The summed E-state index contributed by atoms with van der Waals surface area (Å²) in [6, 6.07) is 16.8. The fraction of sp³-hybridized carbons (Fsp3) is 0.500. The van der Waals surface area contributed by atoms with Crippen LogP contribution >= 0.6 is 0 Å². The molecule has 2 N–H and O–H groups in total. The van der Waals surface area contributed by atoms with Crippen molar-refractivity contribution in [1.29, 1.82) is 0 Å². The number of ketones is 2. The molecule has 2 amide bonds. The van der Waals surface area contributed by atoms with E-state index in [1.807, 2.05) is 48.5 Å². The van der Waals surface area contributed by atoms with Crippen molar-refractivity contribution >= 4 is 23.4 Å². The molecule has 218 valence electrons. The third-order valence-corrected chi connectivity index (χ3v) is 6.38. The summed E-state index contributed by atoms with van der Waals surface area (Å²) in [5.41, 5.74) is 5.01. The number of Topliss-reactive ketones (excluding diaryl/α,β-unsaturated/α-hetero) is 2. The molecule has 8 heteroatoms. The summed E-state index contributed by atoms with van der Waals surface area (Å²) in [4.78, 5) is 57.2. The van der Waals surface area contributed by atoms with Crippen molar-refractivity contribution < 1.29 is 28.8 Å². The highest BCUT2D eigenvalue weighted by Crippen LogP contribution is 2.16.